The second-order valence-corrected chi connectivity index (χ2v) is 3.80. The Morgan fingerprint density at radius 3 is 3.00 bits per heavy atom. The third kappa shape index (κ3) is 1.46. The van der Waals surface area contributed by atoms with Crippen LogP contribution in [0.1, 0.15) is 11.3 Å². The number of phenols is 1. The first-order valence-electron chi connectivity index (χ1n) is 5.14. The summed E-state index contributed by atoms with van der Waals surface area (Å²) < 4.78 is 5.31. The number of phenolic OH excluding ortho intramolecular Hbond substituents is 1. The van der Waals surface area contributed by atoms with Gasteiger partial charge < -0.3 is 14.5 Å². The molecule has 2 N–H and O–H groups in total. The average molecular weight is 213 g/mol. The molecule has 0 aliphatic carbocycles. The van der Waals surface area contributed by atoms with Crippen molar-refractivity contribution in [3.05, 3.63) is 54.1 Å². The second kappa shape index (κ2) is 3.45. The molecular formula is C13H11NO2. The normalized spacial score (nSPS) is 11.0. The molecule has 0 aliphatic rings. The average Bonchev–Trinajstić information content (AvgIpc) is 2.90. The summed E-state index contributed by atoms with van der Waals surface area (Å²) in [6, 6.07) is 9.14. The number of hydrogen-bond acceptors (Lipinski definition) is 2. The molecule has 0 bridgehead atoms. The van der Waals surface area contributed by atoms with E-state index in [0.717, 1.165) is 28.6 Å². The number of fused-ring (bicyclic) bond motifs is 1. The van der Waals surface area contributed by atoms with Crippen molar-refractivity contribution in [2.24, 2.45) is 0 Å². The zero-order chi connectivity index (χ0) is 11.0. The summed E-state index contributed by atoms with van der Waals surface area (Å²) in [5, 5.41) is 10.5. The zero-order valence-corrected chi connectivity index (χ0v) is 8.60. The maximum Gasteiger partial charge on any atom is 0.116 e. The lowest BCUT2D eigenvalue weighted by molar-refractivity contribution is 0.476. The number of aromatic hydroxyl groups is 1. The molecule has 2 aromatic heterocycles. The van der Waals surface area contributed by atoms with Gasteiger partial charge in [0, 0.05) is 23.5 Å². The van der Waals surface area contributed by atoms with Crippen molar-refractivity contribution in [3.8, 4) is 5.75 Å². The van der Waals surface area contributed by atoms with Gasteiger partial charge in [-0.2, -0.15) is 0 Å². The van der Waals surface area contributed by atoms with E-state index in [4.69, 9.17) is 4.42 Å². The highest BCUT2D eigenvalue weighted by Gasteiger charge is 2.06. The Hall–Kier alpha value is -2.16. The van der Waals surface area contributed by atoms with Crippen LogP contribution < -0.4 is 0 Å². The van der Waals surface area contributed by atoms with Crippen LogP contribution in [0.25, 0.3) is 10.9 Å². The van der Waals surface area contributed by atoms with Crippen molar-refractivity contribution < 1.29 is 9.52 Å². The smallest absolute Gasteiger partial charge is 0.116 e. The largest absolute Gasteiger partial charge is 0.508 e. The predicted molar refractivity (Wildman–Crippen MR) is 61.5 cm³/mol. The number of nitrogens with one attached hydrogen (secondary N) is 1. The standard InChI is InChI=1S/C13H11NO2/c15-10-3-4-13-12(7-10)9(8-14-13)6-11-2-1-5-16-11/h1-5,7-8,14-15H,6H2. The molecule has 0 spiro atoms. The highest BCUT2D eigenvalue weighted by molar-refractivity contribution is 5.84. The Balaban J connectivity index is 2.07. The van der Waals surface area contributed by atoms with Crippen molar-refractivity contribution in [1.82, 2.24) is 4.98 Å². The maximum absolute atomic E-state index is 9.46. The second-order valence-electron chi connectivity index (χ2n) is 3.80. The van der Waals surface area contributed by atoms with E-state index in [2.05, 4.69) is 4.98 Å². The van der Waals surface area contributed by atoms with E-state index < -0.39 is 0 Å². The van der Waals surface area contributed by atoms with Crippen molar-refractivity contribution in [2.75, 3.05) is 0 Å². The van der Waals surface area contributed by atoms with Crippen LogP contribution in [0.5, 0.6) is 5.75 Å². The molecule has 3 heteroatoms. The Morgan fingerprint density at radius 1 is 1.25 bits per heavy atom. The van der Waals surface area contributed by atoms with Crippen molar-refractivity contribution >= 4 is 10.9 Å². The van der Waals surface area contributed by atoms with Gasteiger partial charge in [0.05, 0.1) is 6.26 Å². The van der Waals surface area contributed by atoms with Gasteiger partial charge >= 0.3 is 0 Å². The molecule has 0 radical (unpaired) electrons. The molecule has 80 valence electrons. The Kier molecular flexibility index (Phi) is 1.96. The molecule has 3 rings (SSSR count). The summed E-state index contributed by atoms with van der Waals surface area (Å²) in [6.07, 6.45) is 4.35. The summed E-state index contributed by atoms with van der Waals surface area (Å²) in [4.78, 5) is 3.18. The van der Waals surface area contributed by atoms with Gasteiger partial charge in [-0.25, -0.2) is 0 Å². The van der Waals surface area contributed by atoms with E-state index >= 15 is 0 Å². The summed E-state index contributed by atoms with van der Waals surface area (Å²) in [7, 11) is 0. The van der Waals surface area contributed by atoms with E-state index in [1.54, 1.807) is 18.4 Å². The summed E-state index contributed by atoms with van der Waals surface area (Å²) in [5.41, 5.74) is 2.15. The van der Waals surface area contributed by atoms with E-state index in [9.17, 15) is 5.11 Å². The third-order valence-electron chi connectivity index (χ3n) is 2.70. The number of benzene rings is 1. The molecule has 0 aliphatic heterocycles. The first-order valence-corrected chi connectivity index (χ1v) is 5.14. The van der Waals surface area contributed by atoms with Crippen LogP contribution in [0.4, 0.5) is 0 Å². The van der Waals surface area contributed by atoms with Gasteiger partial charge in [-0.15, -0.1) is 0 Å². The molecule has 3 nitrogen and oxygen atoms in total. The van der Waals surface area contributed by atoms with Gasteiger partial charge in [-0.1, -0.05) is 0 Å². The molecule has 0 saturated heterocycles. The van der Waals surface area contributed by atoms with Crippen LogP contribution in [0, 0.1) is 0 Å². The number of furan rings is 1. The molecule has 0 saturated carbocycles. The molecule has 2 heterocycles. The third-order valence-corrected chi connectivity index (χ3v) is 2.70. The molecule has 0 fully saturated rings. The van der Waals surface area contributed by atoms with Gasteiger partial charge in [0.15, 0.2) is 0 Å². The van der Waals surface area contributed by atoms with E-state index in [1.807, 2.05) is 24.4 Å². The fourth-order valence-corrected chi connectivity index (χ4v) is 1.91. The maximum atomic E-state index is 9.46. The van der Waals surface area contributed by atoms with Gasteiger partial charge in [0.2, 0.25) is 0 Å². The summed E-state index contributed by atoms with van der Waals surface area (Å²) >= 11 is 0. The lowest BCUT2D eigenvalue weighted by atomic mass is 10.1. The first-order chi connectivity index (χ1) is 7.83. The van der Waals surface area contributed by atoms with Crippen LogP contribution in [-0.2, 0) is 6.42 Å². The van der Waals surface area contributed by atoms with Crippen LogP contribution >= 0.6 is 0 Å². The lowest BCUT2D eigenvalue weighted by Crippen LogP contribution is -1.82. The van der Waals surface area contributed by atoms with Gasteiger partial charge in [0.1, 0.15) is 11.5 Å². The Morgan fingerprint density at radius 2 is 2.19 bits per heavy atom. The predicted octanol–water partition coefficient (Wildman–Crippen LogP) is 3.06. The molecule has 0 amide bonds. The van der Waals surface area contributed by atoms with Gasteiger partial charge in [-0.05, 0) is 35.9 Å². The highest BCUT2D eigenvalue weighted by Crippen LogP contribution is 2.24. The monoisotopic (exact) mass is 213 g/mol. The first kappa shape index (κ1) is 9.09. The number of aromatic nitrogens is 1. The van der Waals surface area contributed by atoms with Crippen LogP contribution in [0.2, 0.25) is 0 Å². The molecule has 0 unspecified atom stereocenters. The van der Waals surface area contributed by atoms with E-state index in [1.165, 1.54) is 0 Å². The number of H-pyrrole nitrogens is 1. The Bertz CT molecular complexity index is 608. The molecule has 16 heavy (non-hydrogen) atoms. The number of hydrogen-bond donors (Lipinski definition) is 2. The molecule has 3 aromatic rings. The molecular weight excluding hydrogens is 202 g/mol. The minimum Gasteiger partial charge on any atom is -0.508 e. The zero-order valence-electron chi connectivity index (χ0n) is 8.60. The lowest BCUT2D eigenvalue weighted by Gasteiger charge is -1.97. The SMILES string of the molecule is Oc1ccc2[nH]cc(Cc3ccco3)c2c1. The highest BCUT2D eigenvalue weighted by atomic mass is 16.3. The van der Waals surface area contributed by atoms with Crippen molar-refractivity contribution in [3.63, 3.8) is 0 Å². The fourth-order valence-electron chi connectivity index (χ4n) is 1.91. The van der Waals surface area contributed by atoms with Gasteiger partial charge in [-0.3, -0.25) is 0 Å². The van der Waals surface area contributed by atoms with Gasteiger partial charge in [0.25, 0.3) is 0 Å². The van der Waals surface area contributed by atoms with E-state index in [-0.39, 0.29) is 5.75 Å². The van der Waals surface area contributed by atoms with Crippen LogP contribution in [0.3, 0.4) is 0 Å². The van der Waals surface area contributed by atoms with Crippen LogP contribution in [-0.4, -0.2) is 10.1 Å². The number of aromatic amines is 1. The topological polar surface area (TPSA) is 49.2 Å². The van der Waals surface area contributed by atoms with E-state index in [0.29, 0.717) is 0 Å². The fraction of sp³-hybridized carbons (Fsp3) is 0.0769. The van der Waals surface area contributed by atoms with Crippen molar-refractivity contribution in [2.45, 2.75) is 6.42 Å². The minimum absolute atomic E-state index is 0.285. The number of rotatable bonds is 2. The van der Waals surface area contributed by atoms with Crippen molar-refractivity contribution in [1.29, 1.82) is 0 Å². The minimum atomic E-state index is 0.285. The Labute approximate surface area is 92.3 Å². The molecule has 0 atom stereocenters. The molecule has 1 aromatic carbocycles. The summed E-state index contributed by atoms with van der Waals surface area (Å²) in [5.74, 6) is 1.21. The summed E-state index contributed by atoms with van der Waals surface area (Å²) in [6.45, 7) is 0. The quantitative estimate of drug-likeness (QED) is 0.687. The van der Waals surface area contributed by atoms with Crippen LogP contribution in [0.15, 0.2) is 47.2 Å².